The molecule has 0 bridgehead atoms. The second kappa shape index (κ2) is 4.85. The maximum atomic E-state index is 13.2. The minimum Gasteiger partial charge on any atom is -0.297 e. The summed E-state index contributed by atoms with van der Waals surface area (Å²) >= 11 is 0. The topological polar surface area (TPSA) is 90.9 Å². The molecule has 3 rings (SSSR count). The molecule has 1 aromatic carbocycles. The van der Waals surface area contributed by atoms with Crippen molar-refractivity contribution >= 4 is 10.0 Å². The van der Waals surface area contributed by atoms with E-state index in [9.17, 15) is 17.2 Å². The molecule has 0 aliphatic heterocycles. The molecule has 21 heavy (non-hydrogen) atoms. The van der Waals surface area contributed by atoms with E-state index in [4.69, 9.17) is 5.14 Å². The van der Waals surface area contributed by atoms with E-state index in [2.05, 4.69) is 10.2 Å². The van der Waals surface area contributed by atoms with E-state index in [0.29, 0.717) is 11.4 Å². The summed E-state index contributed by atoms with van der Waals surface area (Å²) in [7, 11) is -3.97. The maximum absolute atomic E-state index is 13.2. The van der Waals surface area contributed by atoms with Crippen molar-refractivity contribution in [1.82, 2.24) is 14.8 Å². The van der Waals surface area contributed by atoms with E-state index in [1.54, 1.807) is 0 Å². The fraction of sp³-hybridized carbons (Fsp3) is 0.333. The largest absolute Gasteiger partial charge is 0.297 e. The first kappa shape index (κ1) is 14.1. The molecule has 1 saturated carbocycles. The van der Waals surface area contributed by atoms with Gasteiger partial charge in [-0.25, -0.2) is 22.3 Å². The minimum absolute atomic E-state index is 0.00591. The summed E-state index contributed by atoms with van der Waals surface area (Å²) in [4.78, 5) is 0. The first-order chi connectivity index (χ1) is 9.86. The molecular formula is C12H12F2N4O2S. The van der Waals surface area contributed by atoms with Crippen LogP contribution in [0.1, 0.15) is 30.3 Å². The van der Waals surface area contributed by atoms with Crippen molar-refractivity contribution in [3.63, 3.8) is 0 Å². The molecule has 9 heteroatoms. The standard InChI is InChI=1S/C12H12F2N4O2S/c13-9-4-1-7(5-10(9)14)6-11-16-17-12(21(15,19)20)18(11)8-2-3-8/h1,4-5,8H,2-3,6H2,(H2,15,19,20). The number of aromatic nitrogens is 3. The lowest BCUT2D eigenvalue weighted by Crippen LogP contribution is -2.19. The van der Waals surface area contributed by atoms with Crippen molar-refractivity contribution in [3.05, 3.63) is 41.2 Å². The highest BCUT2D eigenvalue weighted by molar-refractivity contribution is 7.89. The Labute approximate surface area is 119 Å². The molecule has 0 amide bonds. The van der Waals surface area contributed by atoms with E-state index in [0.717, 1.165) is 25.0 Å². The maximum Gasteiger partial charge on any atom is 0.273 e. The molecule has 0 unspecified atom stereocenters. The smallest absolute Gasteiger partial charge is 0.273 e. The molecule has 2 N–H and O–H groups in total. The summed E-state index contributed by atoms with van der Waals surface area (Å²) < 4.78 is 50.6. The van der Waals surface area contributed by atoms with Crippen LogP contribution in [0.2, 0.25) is 0 Å². The Bertz CT molecular complexity index is 800. The Morgan fingerprint density at radius 1 is 1.24 bits per heavy atom. The van der Waals surface area contributed by atoms with Gasteiger partial charge in [0, 0.05) is 12.5 Å². The second-order valence-electron chi connectivity index (χ2n) is 4.97. The monoisotopic (exact) mass is 314 g/mol. The van der Waals surface area contributed by atoms with Crippen molar-refractivity contribution in [2.75, 3.05) is 0 Å². The average molecular weight is 314 g/mol. The van der Waals surface area contributed by atoms with Gasteiger partial charge in [0.1, 0.15) is 5.82 Å². The zero-order chi connectivity index (χ0) is 15.2. The molecule has 0 saturated heterocycles. The number of primary sulfonamides is 1. The third kappa shape index (κ3) is 2.79. The fourth-order valence-electron chi connectivity index (χ4n) is 2.15. The third-order valence-electron chi connectivity index (χ3n) is 3.25. The van der Waals surface area contributed by atoms with Crippen LogP contribution in [0, 0.1) is 11.6 Å². The van der Waals surface area contributed by atoms with Gasteiger partial charge in [0.2, 0.25) is 0 Å². The normalized spacial score (nSPS) is 15.4. The van der Waals surface area contributed by atoms with Crippen molar-refractivity contribution < 1.29 is 17.2 Å². The van der Waals surface area contributed by atoms with Crippen LogP contribution < -0.4 is 5.14 Å². The molecule has 0 atom stereocenters. The van der Waals surface area contributed by atoms with Gasteiger partial charge in [-0.3, -0.25) is 4.57 Å². The zero-order valence-corrected chi connectivity index (χ0v) is 11.6. The predicted octanol–water partition coefficient (Wildman–Crippen LogP) is 1.13. The van der Waals surface area contributed by atoms with E-state index < -0.39 is 21.7 Å². The van der Waals surface area contributed by atoms with Gasteiger partial charge in [0.15, 0.2) is 11.6 Å². The SMILES string of the molecule is NS(=O)(=O)c1nnc(Cc2ccc(F)c(F)c2)n1C1CC1. The summed E-state index contributed by atoms with van der Waals surface area (Å²) in [5, 5.41) is 12.3. The lowest BCUT2D eigenvalue weighted by atomic mass is 10.1. The molecule has 2 aromatic rings. The van der Waals surface area contributed by atoms with Crippen LogP contribution in [0.25, 0.3) is 0 Å². The van der Waals surface area contributed by atoms with Crippen molar-refractivity contribution in [2.24, 2.45) is 5.14 Å². The average Bonchev–Trinajstić information content (AvgIpc) is 3.14. The highest BCUT2D eigenvalue weighted by atomic mass is 32.2. The summed E-state index contributed by atoms with van der Waals surface area (Å²) in [5.74, 6) is -1.53. The van der Waals surface area contributed by atoms with Gasteiger partial charge in [-0.1, -0.05) is 6.07 Å². The number of nitrogens with zero attached hydrogens (tertiary/aromatic N) is 3. The van der Waals surface area contributed by atoms with Crippen LogP contribution in [0.15, 0.2) is 23.4 Å². The molecule has 1 aromatic heterocycles. The van der Waals surface area contributed by atoms with Gasteiger partial charge in [-0.2, -0.15) is 0 Å². The van der Waals surface area contributed by atoms with Crippen molar-refractivity contribution in [2.45, 2.75) is 30.5 Å². The van der Waals surface area contributed by atoms with Gasteiger partial charge in [0.05, 0.1) is 0 Å². The molecule has 1 aliphatic carbocycles. The Balaban J connectivity index is 1.99. The summed E-state index contributed by atoms with van der Waals surface area (Å²) in [5.41, 5.74) is 0.476. The van der Waals surface area contributed by atoms with Gasteiger partial charge in [0.25, 0.3) is 15.2 Å². The third-order valence-corrected chi connectivity index (χ3v) is 4.04. The zero-order valence-electron chi connectivity index (χ0n) is 10.8. The van der Waals surface area contributed by atoms with E-state index in [1.165, 1.54) is 10.6 Å². The van der Waals surface area contributed by atoms with Crippen LogP contribution >= 0.6 is 0 Å². The molecule has 0 spiro atoms. The summed E-state index contributed by atoms with van der Waals surface area (Å²) in [6.45, 7) is 0. The molecular weight excluding hydrogens is 302 g/mol. The van der Waals surface area contributed by atoms with Crippen LogP contribution in [0.5, 0.6) is 0 Å². The lowest BCUT2D eigenvalue weighted by molar-refractivity contribution is 0.507. The molecule has 0 radical (unpaired) electrons. The molecule has 1 aliphatic rings. The van der Waals surface area contributed by atoms with Crippen LogP contribution in [-0.4, -0.2) is 23.2 Å². The van der Waals surface area contributed by atoms with E-state index in [-0.39, 0.29) is 17.6 Å². The Morgan fingerprint density at radius 3 is 2.52 bits per heavy atom. The summed E-state index contributed by atoms with van der Waals surface area (Å²) in [6.07, 6.45) is 1.77. The van der Waals surface area contributed by atoms with Crippen molar-refractivity contribution in [3.8, 4) is 0 Å². The number of rotatable bonds is 4. The lowest BCUT2D eigenvalue weighted by Gasteiger charge is -2.08. The predicted molar refractivity (Wildman–Crippen MR) is 68.8 cm³/mol. The highest BCUT2D eigenvalue weighted by Crippen LogP contribution is 2.37. The summed E-state index contributed by atoms with van der Waals surface area (Å²) in [6, 6.07) is 3.48. The number of hydrogen-bond donors (Lipinski definition) is 1. The van der Waals surface area contributed by atoms with Gasteiger partial charge < -0.3 is 0 Å². The van der Waals surface area contributed by atoms with Gasteiger partial charge in [-0.15, -0.1) is 10.2 Å². The van der Waals surface area contributed by atoms with Gasteiger partial charge >= 0.3 is 0 Å². The number of halogens is 2. The Morgan fingerprint density at radius 2 is 1.95 bits per heavy atom. The first-order valence-corrected chi connectivity index (χ1v) is 7.81. The van der Waals surface area contributed by atoms with E-state index in [1.807, 2.05) is 0 Å². The first-order valence-electron chi connectivity index (χ1n) is 6.27. The number of benzene rings is 1. The number of hydrogen-bond acceptors (Lipinski definition) is 4. The molecule has 6 nitrogen and oxygen atoms in total. The van der Waals surface area contributed by atoms with Gasteiger partial charge in [-0.05, 0) is 30.5 Å². The number of nitrogens with two attached hydrogens (primary N) is 1. The van der Waals surface area contributed by atoms with Crippen LogP contribution in [-0.2, 0) is 16.4 Å². The Kier molecular flexibility index (Phi) is 3.25. The second-order valence-corrected chi connectivity index (χ2v) is 6.43. The van der Waals surface area contributed by atoms with Crippen LogP contribution in [0.3, 0.4) is 0 Å². The fourth-order valence-corrected chi connectivity index (χ4v) is 2.84. The van der Waals surface area contributed by atoms with Crippen molar-refractivity contribution in [1.29, 1.82) is 0 Å². The molecule has 112 valence electrons. The highest BCUT2D eigenvalue weighted by Gasteiger charge is 2.33. The Hall–Kier alpha value is -1.87. The quantitative estimate of drug-likeness (QED) is 0.916. The van der Waals surface area contributed by atoms with E-state index >= 15 is 0 Å². The minimum atomic E-state index is -3.97. The molecule has 1 fully saturated rings. The number of sulfonamides is 1. The van der Waals surface area contributed by atoms with Crippen LogP contribution in [0.4, 0.5) is 8.78 Å². The molecule has 1 heterocycles.